The SMILES string of the molecule is CC(C)CCNC(=O)c1ccc(Nc2ccc(OC(C)C)cc2)nc1. The molecule has 25 heavy (non-hydrogen) atoms. The molecule has 0 saturated heterocycles. The zero-order chi connectivity index (χ0) is 18.2. The number of hydrogen-bond donors (Lipinski definition) is 2. The summed E-state index contributed by atoms with van der Waals surface area (Å²) in [5, 5.41) is 6.12. The molecule has 0 atom stereocenters. The van der Waals surface area contributed by atoms with Crippen molar-refractivity contribution in [3.05, 3.63) is 48.2 Å². The van der Waals surface area contributed by atoms with E-state index in [0.29, 0.717) is 23.8 Å². The van der Waals surface area contributed by atoms with Gasteiger partial charge in [0.15, 0.2) is 0 Å². The molecular weight excluding hydrogens is 314 g/mol. The van der Waals surface area contributed by atoms with Crippen LogP contribution in [0.4, 0.5) is 11.5 Å². The van der Waals surface area contributed by atoms with Gasteiger partial charge in [0.1, 0.15) is 11.6 Å². The number of carbonyl (C=O) groups excluding carboxylic acids is 1. The molecule has 1 aromatic heterocycles. The number of ether oxygens (including phenoxy) is 1. The van der Waals surface area contributed by atoms with E-state index in [1.807, 2.05) is 38.1 Å². The molecule has 134 valence electrons. The van der Waals surface area contributed by atoms with Crippen molar-refractivity contribution in [3.63, 3.8) is 0 Å². The van der Waals surface area contributed by atoms with Gasteiger partial charge in [-0.1, -0.05) is 13.8 Å². The Morgan fingerprint density at radius 1 is 1.08 bits per heavy atom. The lowest BCUT2D eigenvalue weighted by Gasteiger charge is -2.11. The minimum Gasteiger partial charge on any atom is -0.491 e. The lowest BCUT2D eigenvalue weighted by molar-refractivity contribution is 0.0951. The predicted octanol–water partition coefficient (Wildman–Crippen LogP) is 4.39. The van der Waals surface area contributed by atoms with Crippen LogP contribution in [-0.4, -0.2) is 23.5 Å². The maximum atomic E-state index is 12.0. The number of amides is 1. The Hall–Kier alpha value is -2.56. The van der Waals surface area contributed by atoms with Crippen LogP contribution in [0.1, 0.15) is 44.5 Å². The minimum atomic E-state index is -0.0881. The molecule has 0 aliphatic carbocycles. The second kappa shape index (κ2) is 9.06. The quantitative estimate of drug-likeness (QED) is 0.747. The molecule has 0 fully saturated rings. The van der Waals surface area contributed by atoms with Crippen LogP contribution in [0.5, 0.6) is 5.75 Å². The molecule has 0 radical (unpaired) electrons. The normalized spacial score (nSPS) is 10.8. The van der Waals surface area contributed by atoms with Gasteiger partial charge in [0.25, 0.3) is 5.91 Å². The van der Waals surface area contributed by atoms with Gasteiger partial charge < -0.3 is 15.4 Å². The van der Waals surface area contributed by atoms with Crippen molar-refractivity contribution in [1.29, 1.82) is 0 Å². The number of carbonyl (C=O) groups is 1. The second-order valence-electron chi connectivity index (χ2n) is 6.69. The van der Waals surface area contributed by atoms with E-state index in [1.165, 1.54) is 0 Å². The fourth-order valence-corrected chi connectivity index (χ4v) is 2.22. The molecule has 1 amide bonds. The van der Waals surface area contributed by atoms with E-state index in [2.05, 4.69) is 29.5 Å². The molecule has 0 spiro atoms. The van der Waals surface area contributed by atoms with Crippen LogP contribution in [0.15, 0.2) is 42.6 Å². The van der Waals surface area contributed by atoms with Crippen LogP contribution in [-0.2, 0) is 0 Å². The zero-order valence-corrected chi connectivity index (χ0v) is 15.4. The first-order chi connectivity index (χ1) is 11.9. The predicted molar refractivity (Wildman–Crippen MR) is 102 cm³/mol. The van der Waals surface area contributed by atoms with Crippen molar-refractivity contribution >= 4 is 17.4 Å². The lowest BCUT2D eigenvalue weighted by Crippen LogP contribution is -2.25. The van der Waals surface area contributed by atoms with E-state index >= 15 is 0 Å². The molecule has 1 aromatic carbocycles. The molecule has 2 rings (SSSR count). The van der Waals surface area contributed by atoms with Crippen molar-refractivity contribution in [1.82, 2.24) is 10.3 Å². The summed E-state index contributed by atoms with van der Waals surface area (Å²) in [5.41, 5.74) is 1.48. The maximum Gasteiger partial charge on any atom is 0.252 e. The molecule has 2 N–H and O–H groups in total. The van der Waals surface area contributed by atoms with E-state index < -0.39 is 0 Å². The average molecular weight is 341 g/mol. The van der Waals surface area contributed by atoms with Gasteiger partial charge >= 0.3 is 0 Å². The minimum absolute atomic E-state index is 0.0881. The molecule has 0 aliphatic rings. The number of nitrogens with zero attached hydrogens (tertiary/aromatic N) is 1. The highest BCUT2D eigenvalue weighted by Gasteiger charge is 2.06. The highest BCUT2D eigenvalue weighted by atomic mass is 16.5. The molecule has 5 nitrogen and oxygen atoms in total. The molecular formula is C20H27N3O2. The summed E-state index contributed by atoms with van der Waals surface area (Å²) in [6.45, 7) is 8.94. The van der Waals surface area contributed by atoms with Gasteiger partial charge in [-0.2, -0.15) is 0 Å². The van der Waals surface area contributed by atoms with Crippen LogP contribution in [0.25, 0.3) is 0 Å². The van der Waals surface area contributed by atoms with E-state index in [-0.39, 0.29) is 12.0 Å². The van der Waals surface area contributed by atoms with E-state index in [4.69, 9.17) is 4.74 Å². The standard InChI is InChI=1S/C20H27N3O2/c1-14(2)11-12-21-20(24)16-5-10-19(22-13-16)23-17-6-8-18(9-7-17)25-15(3)4/h5-10,13-15H,11-12H2,1-4H3,(H,21,24)(H,22,23). The summed E-state index contributed by atoms with van der Waals surface area (Å²) in [5.74, 6) is 2.01. The van der Waals surface area contributed by atoms with Gasteiger partial charge in [0, 0.05) is 18.4 Å². The average Bonchev–Trinajstić information content (AvgIpc) is 2.56. The molecule has 2 aromatic rings. The highest BCUT2D eigenvalue weighted by molar-refractivity contribution is 5.94. The molecule has 0 unspecified atom stereocenters. The molecule has 0 aliphatic heterocycles. The molecule has 0 bridgehead atoms. The largest absolute Gasteiger partial charge is 0.491 e. The number of pyridine rings is 1. The molecule has 1 heterocycles. The molecule has 0 saturated carbocycles. The van der Waals surface area contributed by atoms with Gasteiger partial charge in [-0.05, 0) is 62.6 Å². The third-order valence-corrected chi connectivity index (χ3v) is 3.53. The van der Waals surface area contributed by atoms with Crippen molar-refractivity contribution in [2.75, 3.05) is 11.9 Å². The lowest BCUT2D eigenvalue weighted by atomic mass is 10.1. The number of aromatic nitrogens is 1. The fraction of sp³-hybridized carbons (Fsp3) is 0.400. The fourth-order valence-electron chi connectivity index (χ4n) is 2.22. The second-order valence-corrected chi connectivity index (χ2v) is 6.69. The summed E-state index contributed by atoms with van der Waals surface area (Å²) < 4.78 is 5.62. The van der Waals surface area contributed by atoms with Crippen LogP contribution in [0, 0.1) is 5.92 Å². The first-order valence-electron chi connectivity index (χ1n) is 8.72. The summed E-state index contributed by atoms with van der Waals surface area (Å²) in [4.78, 5) is 16.3. The van der Waals surface area contributed by atoms with Crippen LogP contribution in [0.2, 0.25) is 0 Å². The Morgan fingerprint density at radius 2 is 1.80 bits per heavy atom. The Bertz CT molecular complexity index is 664. The van der Waals surface area contributed by atoms with Crippen molar-refractivity contribution in [3.8, 4) is 5.75 Å². The van der Waals surface area contributed by atoms with E-state index in [0.717, 1.165) is 17.9 Å². The molecule has 5 heteroatoms. The Morgan fingerprint density at radius 3 is 2.36 bits per heavy atom. The van der Waals surface area contributed by atoms with Crippen LogP contribution >= 0.6 is 0 Å². The number of benzene rings is 1. The number of anilines is 2. The van der Waals surface area contributed by atoms with Gasteiger partial charge in [-0.25, -0.2) is 4.98 Å². The maximum absolute atomic E-state index is 12.0. The Labute approximate surface area is 149 Å². The van der Waals surface area contributed by atoms with Crippen molar-refractivity contribution < 1.29 is 9.53 Å². The zero-order valence-electron chi connectivity index (χ0n) is 15.4. The van der Waals surface area contributed by atoms with Crippen LogP contribution in [0.3, 0.4) is 0 Å². The van der Waals surface area contributed by atoms with Gasteiger partial charge in [-0.15, -0.1) is 0 Å². The summed E-state index contributed by atoms with van der Waals surface area (Å²) >= 11 is 0. The number of nitrogens with one attached hydrogen (secondary N) is 2. The van der Waals surface area contributed by atoms with E-state index in [9.17, 15) is 4.79 Å². The number of hydrogen-bond acceptors (Lipinski definition) is 4. The van der Waals surface area contributed by atoms with E-state index in [1.54, 1.807) is 18.3 Å². The summed E-state index contributed by atoms with van der Waals surface area (Å²) in [6, 6.07) is 11.3. The van der Waals surface area contributed by atoms with Gasteiger partial charge in [0.05, 0.1) is 11.7 Å². The number of rotatable bonds is 8. The monoisotopic (exact) mass is 341 g/mol. The first kappa shape index (κ1) is 18.8. The topological polar surface area (TPSA) is 63.2 Å². The van der Waals surface area contributed by atoms with Crippen molar-refractivity contribution in [2.45, 2.75) is 40.2 Å². The Kier molecular flexibility index (Phi) is 6.81. The summed E-state index contributed by atoms with van der Waals surface area (Å²) in [7, 11) is 0. The van der Waals surface area contributed by atoms with Crippen LogP contribution < -0.4 is 15.4 Å². The highest BCUT2D eigenvalue weighted by Crippen LogP contribution is 2.19. The first-order valence-corrected chi connectivity index (χ1v) is 8.72. The smallest absolute Gasteiger partial charge is 0.252 e. The van der Waals surface area contributed by atoms with Gasteiger partial charge in [-0.3, -0.25) is 4.79 Å². The van der Waals surface area contributed by atoms with Gasteiger partial charge in [0.2, 0.25) is 0 Å². The van der Waals surface area contributed by atoms with Crippen molar-refractivity contribution in [2.24, 2.45) is 5.92 Å². The third-order valence-electron chi connectivity index (χ3n) is 3.53. The Balaban J connectivity index is 1.90. The summed E-state index contributed by atoms with van der Waals surface area (Å²) in [6.07, 6.45) is 2.71. The third kappa shape index (κ3) is 6.45.